The van der Waals surface area contributed by atoms with Crippen LogP contribution in [0.4, 0.5) is 0 Å². The molecule has 0 heterocycles. The van der Waals surface area contributed by atoms with Crippen molar-refractivity contribution in [2.24, 2.45) is 0 Å². The Balaban J connectivity index is 0.000000108. The van der Waals surface area contributed by atoms with E-state index in [1.165, 1.54) is 229 Å². The van der Waals surface area contributed by atoms with Crippen LogP contribution in [-0.4, -0.2) is 0 Å². The Morgan fingerprint density at radius 1 is 0.0847 bits per heavy atom. The monoisotopic (exact) mass is 1490 g/mol. The molecule has 0 saturated carbocycles. The smallest absolute Gasteiger partial charge is 0.00199 e. The standard InChI is InChI=1S/C44H28.C40H26.C34H22/c1-3-15-33-29(12-1)14-11-23-34(33)30-24-26-31(27-25-30)43-38-19-7-9-21-40(38)44(41-22-10-8-20-39(41)43)42-28-32-13-2-4-16-35(32)36-17-5-6-18-37(36)42;1-3-18-31-27(12-1)14-10-24-33(31)29-16-9-17-30(26-29)39-35-20-5-7-22-37(35)40(38-23-8-6-21-36(38)39)34-25-11-15-28-13-2-4-19-32(28)34;1-2-12-23(13-3-1)33-28-18-8-10-20-30(28)34(31-21-11-9-19-29(31)33)32-22-24-14-4-5-15-25(24)26-16-6-7-17-27(26)32/h1-28H;1-26H;1-22H. The average Bonchev–Trinajstić information content (AvgIpc) is 0.710. The second-order valence-electron chi connectivity index (χ2n) is 31.0. The van der Waals surface area contributed by atoms with E-state index >= 15 is 0 Å². The van der Waals surface area contributed by atoms with Crippen molar-refractivity contribution in [2.45, 2.75) is 0 Å². The molecule has 0 radical (unpaired) electrons. The predicted molar refractivity (Wildman–Crippen MR) is 510 cm³/mol. The zero-order valence-corrected chi connectivity index (χ0v) is 64.9. The Morgan fingerprint density at radius 3 is 0.686 bits per heavy atom. The van der Waals surface area contributed by atoms with Gasteiger partial charge in [0.2, 0.25) is 0 Å². The minimum atomic E-state index is 1.23. The van der Waals surface area contributed by atoms with Gasteiger partial charge in [0.25, 0.3) is 0 Å². The lowest BCUT2D eigenvalue weighted by molar-refractivity contribution is 1.63. The molecular formula is C118H76. The molecule has 0 aliphatic rings. The van der Waals surface area contributed by atoms with E-state index < -0.39 is 0 Å². The molecule has 0 unspecified atom stereocenters. The van der Waals surface area contributed by atoms with E-state index in [0.717, 1.165) is 0 Å². The summed E-state index contributed by atoms with van der Waals surface area (Å²) in [6.07, 6.45) is 0. The van der Waals surface area contributed by atoms with Crippen LogP contribution in [0.2, 0.25) is 0 Å². The third-order valence-corrected chi connectivity index (χ3v) is 24.5. The summed E-state index contributed by atoms with van der Waals surface area (Å²) in [7, 11) is 0. The van der Waals surface area contributed by atoms with Gasteiger partial charge in [0.15, 0.2) is 0 Å². The third kappa shape index (κ3) is 11.9. The van der Waals surface area contributed by atoms with Crippen molar-refractivity contribution in [3.05, 3.63) is 461 Å². The third-order valence-electron chi connectivity index (χ3n) is 24.5. The largest absolute Gasteiger partial charge is 0.0622 e. The number of fused-ring (bicyclic) bond motifs is 15. The highest BCUT2D eigenvalue weighted by Gasteiger charge is 2.24. The first kappa shape index (κ1) is 69.4. The maximum atomic E-state index is 2.39. The van der Waals surface area contributed by atoms with Gasteiger partial charge in [-0.3, -0.25) is 0 Å². The lowest BCUT2D eigenvalue weighted by atomic mass is 9.83. The Kier molecular flexibility index (Phi) is 17.4. The first-order chi connectivity index (χ1) is 58.6. The maximum absolute atomic E-state index is 2.39. The van der Waals surface area contributed by atoms with Crippen LogP contribution in [0, 0.1) is 0 Å². The molecule has 548 valence electrons. The minimum Gasteiger partial charge on any atom is -0.0622 e. The second kappa shape index (κ2) is 29.6. The molecule has 0 aliphatic heterocycles. The van der Waals surface area contributed by atoms with Crippen molar-refractivity contribution < 1.29 is 0 Å². The van der Waals surface area contributed by atoms with Crippen LogP contribution in [0.25, 0.3) is 229 Å². The summed E-state index contributed by atoms with van der Waals surface area (Å²) in [6, 6.07) is 168. The van der Waals surface area contributed by atoms with Crippen LogP contribution in [0.1, 0.15) is 0 Å². The molecule has 0 amide bonds. The lowest BCUT2D eigenvalue weighted by Crippen LogP contribution is -1.92. The van der Waals surface area contributed by atoms with E-state index in [1.807, 2.05) is 0 Å². The maximum Gasteiger partial charge on any atom is -0.00199 e. The van der Waals surface area contributed by atoms with Gasteiger partial charge < -0.3 is 0 Å². The molecule has 24 aromatic carbocycles. The van der Waals surface area contributed by atoms with E-state index in [1.54, 1.807) is 0 Å². The van der Waals surface area contributed by atoms with Crippen molar-refractivity contribution in [2.75, 3.05) is 0 Å². The molecule has 24 rings (SSSR count). The lowest BCUT2D eigenvalue weighted by Gasteiger charge is -2.19. The van der Waals surface area contributed by atoms with Crippen molar-refractivity contribution in [1.82, 2.24) is 0 Å². The zero-order chi connectivity index (χ0) is 78.0. The Morgan fingerprint density at radius 2 is 0.305 bits per heavy atom. The van der Waals surface area contributed by atoms with Crippen LogP contribution in [0.3, 0.4) is 0 Å². The summed E-state index contributed by atoms with van der Waals surface area (Å²) in [5.41, 5.74) is 20.4. The number of rotatable bonds is 8. The Bertz CT molecular complexity index is 7920. The molecule has 0 aliphatic carbocycles. The van der Waals surface area contributed by atoms with Gasteiger partial charge in [-0.15, -0.1) is 0 Å². The van der Waals surface area contributed by atoms with Crippen molar-refractivity contribution in [3.63, 3.8) is 0 Å². The zero-order valence-electron chi connectivity index (χ0n) is 64.9. The van der Waals surface area contributed by atoms with Crippen LogP contribution in [0.15, 0.2) is 461 Å². The summed E-state index contributed by atoms with van der Waals surface area (Å²) in [5, 5.41) is 33.3. The number of hydrogen-bond donors (Lipinski definition) is 0. The molecule has 0 spiro atoms. The minimum absolute atomic E-state index is 1.23. The first-order valence-electron chi connectivity index (χ1n) is 40.9. The summed E-state index contributed by atoms with van der Waals surface area (Å²) in [5.74, 6) is 0. The van der Waals surface area contributed by atoms with Crippen molar-refractivity contribution >= 4 is 140 Å². The molecule has 0 saturated heterocycles. The molecule has 118 heavy (non-hydrogen) atoms. The molecule has 0 nitrogen and oxygen atoms in total. The molecular weight excluding hydrogens is 1420 g/mol. The number of hydrogen-bond acceptors (Lipinski definition) is 0. The van der Waals surface area contributed by atoms with Crippen molar-refractivity contribution in [1.29, 1.82) is 0 Å². The van der Waals surface area contributed by atoms with Crippen molar-refractivity contribution in [3.8, 4) is 89.0 Å². The number of benzene rings is 24. The molecule has 0 atom stereocenters. The van der Waals surface area contributed by atoms with E-state index in [0.29, 0.717) is 0 Å². The predicted octanol–water partition coefficient (Wildman–Crippen LogP) is 33.4. The molecule has 0 N–H and O–H groups in total. The highest BCUT2D eigenvalue weighted by atomic mass is 14.3. The fourth-order valence-electron chi connectivity index (χ4n) is 19.4. The molecule has 0 bridgehead atoms. The van der Waals surface area contributed by atoms with E-state index in [2.05, 4.69) is 461 Å². The fraction of sp³-hybridized carbons (Fsp3) is 0. The quantitative estimate of drug-likeness (QED) is 0.105. The molecule has 0 heteroatoms. The SMILES string of the molecule is c1cc(-c2cccc3ccccc23)cc(-c2c3ccccc3c(-c3cccc4ccccc34)c3ccccc23)c1.c1ccc(-c2c3ccccc3c(-c3cc4ccccc4c4ccccc34)c3ccccc23)cc1.c1ccc2c(-c3ccc(-c4c5ccccc5c(-c5cc6ccccc6c6ccccc56)c5ccccc45)cc3)cccc2c1. The van der Waals surface area contributed by atoms with Crippen LogP contribution < -0.4 is 0 Å². The highest BCUT2D eigenvalue weighted by Crippen LogP contribution is 2.51. The van der Waals surface area contributed by atoms with E-state index in [4.69, 9.17) is 0 Å². The first-order valence-corrected chi connectivity index (χ1v) is 40.9. The molecule has 0 fully saturated rings. The summed E-state index contributed by atoms with van der Waals surface area (Å²) >= 11 is 0. The van der Waals surface area contributed by atoms with Gasteiger partial charge in [-0.25, -0.2) is 0 Å². The summed E-state index contributed by atoms with van der Waals surface area (Å²) < 4.78 is 0. The molecule has 0 aromatic heterocycles. The Hall–Kier alpha value is -15.3. The summed E-state index contributed by atoms with van der Waals surface area (Å²) in [4.78, 5) is 0. The highest BCUT2D eigenvalue weighted by molar-refractivity contribution is 6.29. The van der Waals surface area contributed by atoms with Gasteiger partial charge in [-0.2, -0.15) is 0 Å². The fourth-order valence-corrected chi connectivity index (χ4v) is 19.4. The molecule has 24 aromatic rings. The van der Waals surface area contributed by atoms with E-state index in [9.17, 15) is 0 Å². The van der Waals surface area contributed by atoms with Gasteiger partial charge in [0, 0.05) is 0 Å². The normalized spacial score (nSPS) is 11.6. The van der Waals surface area contributed by atoms with Crippen LogP contribution in [0.5, 0.6) is 0 Å². The Labute approximate surface area is 685 Å². The van der Waals surface area contributed by atoms with Gasteiger partial charge in [0.1, 0.15) is 0 Å². The average molecular weight is 1490 g/mol. The van der Waals surface area contributed by atoms with Gasteiger partial charge >= 0.3 is 0 Å². The van der Waals surface area contributed by atoms with Gasteiger partial charge in [0.05, 0.1) is 0 Å². The topological polar surface area (TPSA) is 0 Å². The van der Waals surface area contributed by atoms with Crippen LogP contribution in [-0.2, 0) is 0 Å². The van der Waals surface area contributed by atoms with Gasteiger partial charge in [-0.1, -0.05) is 443 Å². The van der Waals surface area contributed by atoms with E-state index in [-0.39, 0.29) is 0 Å². The second-order valence-corrected chi connectivity index (χ2v) is 31.0. The van der Waals surface area contributed by atoms with Gasteiger partial charge in [-0.05, 0) is 247 Å². The summed E-state index contributed by atoms with van der Waals surface area (Å²) in [6.45, 7) is 0. The van der Waals surface area contributed by atoms with Crippen LogP contribution >= 0.6 is 0 Å².